The molecule has 3 aromatic rings. The number of halogens is 3. The monoisotopic (exact) mass is 467 g/mol. The molecule has 0 saturated heterocycles. The molecule has 0 N–H and O–H groups in total. The van der Waals surface area contributed by atoms with Crippen molar-refractivity contribution < 1.29 is 33.3 Å². The Morgan fingerprint density at radius 2 is 1.52 bits per heavy atom. The number of nitrogens with zero attached hydrogens (tertiary/aromatic N) is 2. The summed E-state index contributed by atoms with van der Waals surface area (Å²) >= 11 is 0. The fraction of sp³-hybridized carbons (Fsp3) is 0.0667. The summed E-state index contributed by atoms with van der Waals surface area (Å²) in [6.07, 6.45) is -2.67. The van der Waals surface area contributed by atoms with Crippen LogP contribution in [0.25, 0.3) is 22.3 Å². The predicted molar refractivity (Wildman–Crippen MR) is 70.0 cm³/mol. The summed E-state index contributed by atoms with van der Waals surface area (Å²) in [5.41, 5.74) is 0.642. The van der Waals surface area contributed by atoms with Crippen LogP contribution in [-0.2, 0) is 26.3 Å². The number of fused-ring (bicyclic) bond motifs is 1. The molecule has 3 rings (SSSR count). The van der Waals surface area contributed by atoms with Crippen molar-refractivity contribution >= 4 is 10.9 Å². The van der Waals surface area contributed by atoms with Crippen LogP contribution in [0.2, 0.25) is 0 Å². The number of aromatic nitrogens is 2. The zero-order valence-corrected chi connectivity index (χ0v) is 13.0. The van der Waals surface area contributed by atoms with Crippen LogP contribution in [0.5, 0.6) is 0 Å². The maximum atomic E-state index is 12.5. The van der Waals surface area contributed by atoms with Crippen molar-refractivity contribution in [2.75, 3.05) is 0 Å². The third kappa shape index (κ3) is 3.28. The Morgan fingerprint density at radius 1 is 0.857 bits per heavy atom. The maximum Gasteiger partial charge on any atom is 0.416 e. The second-order valence-corrected chi connectivity index (χ2v) is 4.33. The third-order valence-electron chi connectivity index (χ3n) is 2.96. The standard InChI is InChI=1S/C15H9F3N2.Ir/c16-15(17,18)12-7-5-10(6-8-12)14-19-9-11-3-1-2-4-13(11)20-14;/h1-9H;. The van der Waals surface area contributed by atoms with Crippen LogP contribution in [0, 0.1) is 0 Å². The van der Waals surface area contributed by atoms with Gasteiger partial charge in [-0.2, -0.15) is 13.2 Å². The Labute approximate surface area is 132 Å². The van der Waals surface area contributed by atoms with Crippen molar-refractivity contribution in [3.8, 4) is 11.4 Å². The van der Waals surface area contributed by atoms with Crippen molar-refractivity contribution in [1.29, 1.82) is 0 Å². The minimum Gasteiger partial charge on any atom is -0.236 e. The zero-order valence-electron chi connectivity index (χ0n) is 10.6. The van der Waals surface area contributed by atoms with E-state index in [1.54, 1.807) is 6.20 Å². The van der Waals surface area contributed by atoms with Gasteiger partial charge in [-0.05, 0) is 18.2 Å². The molecule has 21 heavy (non-hydrogen) atoms. The summed E-state index contributed by atoms with van der Waals surface area (Å²) in [4.78, 5) is 8.52. The van der Waals surface area contributed by atoms with E-state index in [0.29, 0.717) is 11.4 Å². The molecular weight excluding hydrogens is 457 g/mol. The fourth-order valence-electron chi connectivity index (χ4n) is 1.92. The number of benzene rings is 2. The first kappa shape index (κ1) is 15.6. The zero-order chi connectivity index (χ0) is 14.2. The molecule has 1 aromatic heterocycles. The van der Waals surface area contributed by atoms with E-state index in [-0.39, 0.29) is 20.1 Å². The molecule has 0 aliphatic carbocycles. The van der Waals surface area contributed by atoms with Crippen LogP contribution in [0.1, 0.15) is 5.56 Å². The van der Waals surface area contributed by atoms with Gasteiger partial charge in [-0.15, -0.1) is 0 Å². The first-order valence-corrected chi connectivity index (χ1v) is 5.93. The Balaban J connectivity index is 0.00000161. The average molecular weight is 466 g/mol. The largest absolute Gasteiger partial charge is 0.416 e. The van der Waals surface area contributed by atoms with Gasteiger partial charge in [-0.3, -0.25) is 0 Å². The second kappa shape index (κ2) is 5.92. The maximum absolute atomic E-state index is 12.5. The quantitative estimate of drug-likeness (QED) is 0.534. The van der Waals surface area contributed by atoms with Gasteiger partial charge >= 0.3 is 6.18 Å². The molecule has 6 heteroatoms. The molecule has 2 aromatic carbocycles. The van der Waals surface area contributed by atoms with Crippen LogP contribution in [0.3, 0.4) is 0 Å². The van der Waals surface area contributed by atoms with E-state index in [1.165, 1.54) is 12.1 Å². The minimum atomic E-state index is -4.33. The van der Waals surface area contributed by atoms with Gasteiger partial charge in [0, 0.05) is 37.3 Å². The van der Waals surface area contributed by atoms with Gasteiger partial charge in [-0.1, -0.05) is 30.3 Å². The summed E-state index contributed by atoms with van der Waals surface area (Å²) < 4.78 is 37.5. The van der Waals surface area contributed by atoms with Crippen LogP contribution < -0.4 is 0 Å². The van der Waals surface area contributed by atoms with Gasteiger partial charge in [0.25, 0.3) is 0 Å². The molecule has 0 fully saturated rings. The number of hydrogen-bond donors (Lipinski definition) is 0. The van der Waals surface area contributed by atoms with Gasteiger partial charge in [0.15, 0.2) is 5.82 Å². The molecule has 0 amide bonds. The molecule has 109 valence electrons. The van der Waals surface area contributed by atoms with Gasteiger partial charge in [-0.25, -0.2) is 9.97 Å². The topological polar surface area (TPSA) is 25.8 Å². The summed E-state index contributed by atoms with van der Waals surface area (Å²) in [5, 5.41) is 0.892. The Bertz CT molecular complexity index is 755. The summed E-state index contributed by atoms with van der Waals surface area (Å²) in [6.45, 7) is 0. The van der Waals surface area contributed by atoms with Crippen molar-refractivity contribution in [1.82, 2.24) is 9.97 Å². The predicted octanol–water partition coefficient (Wildman–Crippen LogP) is 4.31. The molecule has 0 spiro atoms. The van der Waals surface area contributed by atoms with Crippen molar-refractivity contribution in [2.24, 2.45) is 0 Å². The first-order chi connectivity index (χ1) is 9.54. The van der Waals surface area contributed by atoms with E-state index in [4.69, 9.17) is 0 Å². The summed E-state index contributed by atoms with van der Waals surface area (Å²) in [5.74, 6) is 0.414. The number of para-hydroxylation sites is 1. The molecule has 0 atom stereocenters. The van der Waals surface area contributed by atoms with E-state index < -0.39 is 11.7 Å². The molecule has 0 unspecified atom stereocenters. The minimum absolute atomic E-state index is 0. The first-order valence-electron chi connectivity index (χ1n) is 5.93. The van der Waals surface area contributed by atoms with E-state index in [2.05, 4.69) is 9.97 Å². The van der Waals surface area contributed by atoms with Crippen molar-refractivity contribution in [3.63, 3.8) is 0 Å². The van der Waals surface area contributed by atoms with Gasteiger partial charge in [0.05, 0.1) is 11.1 Å². The van der Waals surface area contributed by atoms with Gasteiger partial charge in [0.2, 0.25) is 0 Å². The Morgan fingerprint density at radius 3 is 2.19 bits per heavy atom. The summed E-state index contributed by atoms with van der Waals surface area (Å²) in [6, 6.07) is 12.3. The normalized spacial score (nSPS) is 11.2. The number of rotatable bonds is 1. The molecule has 0 aliphatic rings. The fourth-order valence-corrected chi connectivity index (χ4v) is 1.92. The van der Waals surface area contributed by atoms with E-state index in [1.807, 2.05) is 24.3 Å². The van der Waals surface area contributed by atoms with E-state index >= 15 is 0 Å². The van der Waals surface area contributed by atoms with Crippen LogP contribution in [0.15, 0.2) is 54.7 Å². The van der Waals surface area contributed by atoms with Crippen LogP contribution >= 0.6 is 0 Å². The SMILES string of the molecule is FC(F)(F)c1ccc(-c2ncc3ccccc3n2)cc1.[Ir]. The van der Waals surface area contributed by atoms with Gasteiger partial charge in [0.1, 0.15) is 0 Å². The van der Waals surface area contributed by atoms with Gasteiger partial charge < -0.3 is 0 Å². The van der Waals surface area contributed by atoms with Crippen molar-refractivity contribution in [2.45, 2.75) is 6.18 Å². The molecule has 0 aliphatic heterocycles. The molecule has 2 nitrogen and oxygen atoms in total. The smallest absolute Gasteiger partial charge is 0.236 e. The number of alkyl halides is 3. The van der Waals surface area contributed by atoms with E-state index in [9.17, 15) is 13.2 Å². The molecule has 1 heterocycles. The van der Waals surface area contributed by atoms with Crippen LogP contribution in [0.4, 0.5) is 13.2 Å². The molecule has 0 saturated carbocycles. The number of hydrogen-bond acceptors (Lipinski definition) is 2. The van der Waals surface area contributed by atoms with E-state index in [0.717, 1.165) is 23.0 Å². The van der Waals surface area contributed by atoms with Crippen LogP contribution in [-0.4, -0.2) is 9.97 Å². The molecular formula is C15H9F3IrN2. The average Bonchev–Trinajstić information content (AvgIpc) is 2.46. The Hall–Kier alpha value is -1.78. The second-order valence-electron chi connectivity index (χ2n) is 4.33. The molecule has 1 radical (unpaired) electrons. The molecule has 0 bridgehead atoms. The summed E-state index contributed by atoms with van der Waals surface area (Å²) in [7, 11) is 0. The third-order valence-corrected chi connectivity index (χ3v) is 2.96. The van der Waals surface area contributed by atoms with Crippen molar-refractivity contribution in [3.05, 3.63) is 60.3 Å². The Kier molecular flexibility index (Phi) is 4.40.